The lowest BCUT2D eigenvalue weighted by Crippen LogP contribution is -2.39. The zero-order valence-electron chi connectivity index (χ0n) is 10.7. The molecule has 1 fully saturated rings. The normalized spacial score (nSPS) is 22.1. The Bertz CT molecular complexity index is 542. The molecule has 18 heavy (non-hydrogen) atoms. The summed E-state index contributed by atoms with van der Waals surface area (Å²) in [5.74, 6) is 0.425. The Balaban J connectivity index is 2.32. The zero-order chi connectivity index (χ0) is 13.3. The number of sulfonamides is 1. The molecule has 100 valence electrons. The van der Waals surface area contributed by atoms with Gasteiger partial charge in [-0.05, 0) is 43.4 Å². The quantitative estimate of drug-likeness (QED) is 0.838. The molecule has 5 heteroatoms. The van der Waals surface area contributed by atoms with E-state index in [9.17, 15) is 8.42 Å². The zero-order valence-corrected chi connectivity index (χ0v) is 12.3. The highest BCUT2D eigenvalue weighted by Gasteiger charge is 2.28. The van der Waals surface area contributed by atoms with E-state index in [-0.39, 0.29) is 0 Å². The molecule has 1 aromatic carbocycles. The summed E-state index contributed by atoms with van der Waals surface area (Å²) >= 11 is 6.00. The number of rotatable bonds is 2. The smallest absolute Gasteiger partial charge is 0.207 e. The minimum absolute atomic E-state index is 0.298. The average molecular weight is 288 g/mol. The van der Waals surface area contributed by atoms with Crippen LogP contribution >= 0.6 is 11.6 Å². The van der Waals surface area contributed by atoms with E-state index in [1.807, 2.05) is 6.92 Å². The summed E-state index contributed by atoms with van der Waals surface area (Å²) in [7, 11) is -3.39. The van der Waals surface area contributed by atoms with Crippen LogP contribution in [0.3, 0.4) is 0 Å². The molecule has 0 aliphatic carbocycles. The van der Waals surface area contributed by atoms with Crippen LogP contribution in [0.1, 0.15) is 25.3 Å². The van der Waals surface area contributed by atoms with Crippen LogP contribution in [-0.2, 0) is 10.0 Å². The van der Waals surface area contributed by atoms with Gasteiger partial charge in [0, 0.05) is 18.1 Å². The first-order valence-electron chi connectivity index (χ1n) is 6.17. The van der Waals surface area contributed by atoms with Crippen molar-refractivity contribution >= 4 is 21.6 Å². The molecule has 2 rings (SSSR count). The van der Waals surface area contributed by atoms with E-state index in [0.29, 0.717) is 28.9 Å². The summed E-state index contributed by atoms with van der Waals surface area (Å²) in [5.41, 5.74) is 0.891. The minimum Gasteiger partial charge on any atom is -0.207 e. The maximum Gasteiger partial charge on any atom is 0.243 e. The molecular weight excluding hydrogens is 270 g/mol. The number of halogens is 1. The van der Waals surface area contributed by atoms with Crippen LogP contribution in [0.4, 0.5) is 0 Å². The van der Waals surface area contributed by atoms with Gasteiger partial charge >= 0.3 is 0 Å². The van der Waals surface area contributed by atoms with E-state index in [1.165, 1.54) is 0 Å². The van der Waals surface area contributed by atoms with Crippen molar-refractivity contribution in [2.45, 2.75) is 31.6 Å². The fourth-order valence-corrected chi connectivity index (χ4v) is 4.12. The maximum absolute atomic E-state index is 12.5. The van der Waals surface area contributed by atoms with E-state index >= 15 is 0 Å². The van der Waals surface area contributed by atoms with Crippen LogP contribution in [0.5, 0.6) is 0 Å². The van der Waals surface area contributed by atoms with Crippen LogP contribution in [-0.4, -0.2) is 25.8 Å². The van der Waals surface area contributed by atoms with Gasteiger partial charge in [0.2, 0.25) is 10.0 Å². The number of aryl methyl sites for hydroxylation is 1. The van der Waals surface area contributed by atoms with Gasteiger partial charge in [-0.1, -0.05) is 24.6 Å². The third kappa shape index (κ3) is 2.71. The van der Waals surface area contributed by atoms with Crippen LogP contribution in [0, 0.1) is 12.8 Å². The molecule has 1 atom stereocenters. The van der Waals surface area contributed by atoms with E-state index < -0.39 is 10.0 Å². The molecule has 0 aromatic heterocycles. The van der Waals surface area contributed by atoms with E-state index in [1.54, 1.807) is 22.5 Å². The Hall–Kier alpha value is -0.580. The second kappa shape index (κ2) is 5.19. The molecule has 0 N–H and O–H groups in total. The first-order valence-corrected chi connectivity index (χ1v) is 7.99. The molecule has 0 bridgehead atoms. The van der Waals surface area contributed by atoms with Gasteiger partial charge in [-0.2, -0.15) is 4.31 Å². The lowest BCUT2D eigenvalue weighted by atomic mass is 10.0. The second-order valence-electron chi connectivity index (χ2n) is 5.02. The Labute approximate surface area is 114 Å². The van der Waals surface area contributed by atoms with Crippen LogP contribution < -0.4 is 0 Å². The number of nitrogens with zero attached hydrogens (tertiary/aromatic N) is 1. The van der Waals surface area contributed by atoms with E-state index in [0.717, 1.165) is 18.4 Å². The highest BCUT2D eigenvalue weighted by Crippen LogP contribution is 2.26. The molecule has 1 heterocycles. The summed E-state index contributed by atoms with van der Waals surface area (Å²) in [4.78, 5) is 0.298. The van der Waals surface area contributed by atoms with Crippen LogP contribution in [0.2, 0.25) is 5.02 Å². The molecule has 1 aromatic rings. The van der Waals surface area contributed by atoms with Gasteiger partial charge in [0.25, 0.3) is 0 Å². The van der Waals surface area contributed by atoms with Crippen LogP contribution in [0.25, 0.3) is 0 Å². The van der Waals surface area contributed by atoms with Crippen molar-refractivity contribution in [1.82, 2.24) is 4.31 Å². The molecular formula is C13H18ClNO2S. The topological polar surface area (TPSA) is 37.4 Å². The fourth-order valence-electron chi connectivity index (χ4n) is 2.25. The van der Waals surface area contributed by atoms with Crippen molar-refractivity contribution in [2.75, 3.05) is 13.1 Å². The largest absolute Gasteiger partial charge is 0.243 e. The molecule has 1 aliphatic rings. The average Bonchev–Trinajstić information content (AvgIpc) is 2.32. The van der Waals surface area contributed by atoms with Gasteiger partial charge in [-0.25, -0.2) is 8.42 Å². The minimum atomic E-state index is -3.39. The van der Waals surface area contributed by atoms with Crippen molar-refractivity contribution in [2.24, 2.45) is 5.92 Å². The molecule has 0 spiro atoms. The highest BCUT2D eigenvalue weighted by molar-refractivity contribution is 7.89. The molecule has 0 amide bonds. The Morgan fingerprint density at radius 3 is 2.72 bits per heavy atom. The molecule has 0 radical (unpaired) electrons. The first kappa shape index (κ1) is 13.8. The van der Waals surface area contributed by atoms with Gasteiger partial charge in [0.1, 0.15) is 0 Å². The summed E-state index contributed by atoms with van der Waals surface area (Å²) < 4.78 is 26.5. The van der Waals surface area contributed by atoms with Crippen molar-refractivity contribution in [3.05, 3.63) is 28.8 Å². The summed E-state index contributed by atoms with van der Waals surface area (Å²) in [6.07, 6.45) is 2.03. The Kier molecular flexibility index (Phi) is 3.99. The molecule has 1 aliphatic heterocycles. The monoisotopic (exact) mass is 287 g/mol. The van der Waals surface area contributed by atoms with Crippen LogP contribution in [0.15, 0.2) is 23.1 Å². The predicted molar refractivity (Wildman–Crippen MR) is 73.3 cm³/mol. The van der Waals surface area contributed by atoms with Gasteiger partial charge in [0.15, 0.2) is 0 Å². The number of hydrogen-bond donors (Lipinski definition) is 0. The van der Waals surface area contributed by atoms with Crippen molar-refractivity contribution in [3.63, 3.8) is 0 Å². The summed E-state index contributed by atoms with van der Waals surface area (Å²) in [5, 5.41) is 0.501. The lowest BCUT2D eigenvalue weighted by Gasteiger charge is -2.30. The van der Waals surface area contributed by atoms with Crippen molar-refractivity contribution in [1.29, 1.82) is 0 Å². The van der Waals surface area contributed by atoms with Crippen molar-refractivity contribution in [3.8, 4) is 0 Å². The third-order valence-corrected chi connectivity index (χ3v) is 5.67. The van der Waals surface area contributed by atoms with E-state index in [2.05, 4.69) is 6.92 Å². The number of benzene rings is 1. The Morgan fingerprint density at radius 2 is 2.11 bits per heavy atom. The number of hydrogen-bond acceptors (Lipinski definition) is 2. The lowest BCUT2D eigenvalue weighted by molar-refractivity contribution is 0.281. The Morgan fingerprint density at radius 1 is 1.39 bits per heavy atom. The fraction of sp³-hybridized carbons (Fsp3) is 0.538. The third-order valence-electron chi connectivity index (χ3n) is 3.40. The molecule has 0 saturated carbocycles. The second-order valence-corrected chi connectivity index (χ2v) is 7.37. The van der Waals surface area contributed by atoms with Gasteiger partial charge in [-0.3, -0.25) is 0 Å². The van der Waals surface area contributed by atoms with Gasteiger partial charge in [0.05, 0.1) is 4.90 Å². The van der Waals surface area contributed by atoms with Gasteiger partial charge in [-0.15, -0.1) is 0 Å². The molecule has 1 saturated heterocycles. The van der Waals surface area contributed by atoms with Gasteiger partial charge < -0.3 is 0 Å². The van der Waals surface area contributed by atoms with Crippen molar-refractivity contribution < 1.29 is 8.42 Å². The molecule has 3 nitrogen and oxygen atoms in total. The molecule has 1 unspecified atom stereocenters. The number of piperidine rings is 1. The standard InChI is InChI=1S/C13H18ClNO2S/c1-10-4-3-7-15(9-10)18(16,17)12-6-5-11(2)13(14)8-12/h5-6,8,10H,3-4,7,9H2,1-2H3. The maximum atomic E-state index is 12.5. The summed E-state index contributed by atoms with van der Waals surface area (Å²) in [6.45, 7) is 5.16. The van der Waals surface area contributed by atoms with E-state index in [4.69, 9.17) is 11.6 Å². The first-order chi connectivity index (χ1) is 8.41. The SMILES string of the molecule is Cc1ccc(S(=O)(=O)N2CCCC(C)C2)cc1Cl. The summed E-state index contributed by atoms with van der Waals surface area (Å²) in [6, 6.07) is 4.93. The predicted octanol–water partition coefficient (Wildman–Crippen LogP) is 3.07. The highest BCUT2D eigenvalue weighted by atomic mass is 35.5.